The third-order valence-corrected chi connectivity index (χ3v) is 4.80. The fourth-order valence-electron chi connectivity index (χ4n) is 3.14. The molecule has 0 atom stereocenters. The van der Waals surface area contributed by atoms with Gasteiger partial charge in [0.1, 0.15) is 5.82 Å². The monoisotopic (exact) mass is 328 g/mol. The second-order valence-corrected chi connectivity index (χ2v) is 6.62. The molecule has 0 amide bonds. The molecule has 0 spiro atoms. The minimum Gasteiger partial charge on any atom is -0.284 e. The average molecular weight is 328 g/mol. The Labute approximate surface area is 142 Å². The van der Waals surface area contributed by atoms with E-state index in [2.05, 4.69) is 34.2 Å². The van der Waals surface area contributed by atoms with Gasteiger partial charge in [-0.25, -0.2) is 4.68 Å². The van der Waals surface area contributed by atoms with Crippen LogP contribution in [0.3, 0.4) is 0 Å². The number of aromatic nitrogens is 3. The zero-order valence-electron chi connectivity index (χ0n) is 13.6. The molecular formula is C18H24N4S. The maximum Gasteiger partial charge on any atom is 0.217 e. The Morgan fingerprint density at radius 2 is 1.96 bits per heavy atom. The van der Waals surface area contributed by atoms with E-state index in [1.165, 1.54) is 32.1 Å². The fourth-order valence-corrected chi connectivity index (χ4v) is 3.35. The molecule has 1 aliphatic carbocycles. The maximum absolute atomic E-state index is 5.38. The van der Waals surface area contributed by atoms with Crippen LogP contribution in [0.4, 0.5) is 0 Å². The van der Waals surface area contributed by atoms with Crippen LogP contribution in [0.1, 0.15) is 43.5 Å². The summed E-state index contributed by atoms with van der Waals surface area (Å²) >= 11 is 5.38. The van der Waals surface area contributed by atoms with E-state index in [0.717, 1.165) is 18.1 Å². The van der Waals surface area contributed by atoms with Crippen LogP contribution < -0.4 is 0 Å². The van der Waals surface area contributed by atoms with Crippen molar-refractivity contribution < 1.29 is 0 Å². The Morgan fingerprint density at radius 1 is 1.22 bits per heavy atom. The molecule has 0 aliphatic heterocycles. The molecule has 0 bridgehead atoms. The normalized spacial score (nSPS) is 16.4. The van der Waals surface area contributed by atoms with Crippen molar-refractivity contribution in [3.63, 3.8) is 0 Å². The molecule has 1 heterocycles. The van der Waals surface area contributed by atoms with Crippen LogP contribution in [0.5, 0.6) is 0 Å². The zero-order valence-corrected chi connectivity index (χ0v) is 14.4. The van der Waals surface area contributed by atoms with Gasteiger partial charge in [0.2, 0.25) is 4.77 Å². The van der Waals surface area contributed by atoms with Crippen LogP contribution in [0.2, 0.25) is 0 Å². The predicted molar refractivity (Wildman–Crippen MR) is 97.4 cm³/mol. The molecule has 1 aliphatic rings. The number of hydrogen-bond donors (Lipinski definition) is 1. The predicted octanol–water partition coefficient (Wildman–Crippen LogP) is 4.33. The lowest BCUT2D eigenvalue weighted by Gasteiger charge is -2.30. The molecule has 23 heavy (non-hydrogen) atoms. The van der Waals surface area contributed by atoms with Gasteiger partial charge in [-0.1, -0.05) is 55.7 Å². The molecule has 2 aromatic rings. The molecule has 1 N–H and O–H groups in total. The van der Waals surface area contributed by atoms with E-state index in [0.29, 0.717) is 10.8 Å². The van der Waals surface area contributed by atoms with E-state index in [1.807, 2.05) is 35.0 Å². The molecule has 1 fully saturated rings. The van der Waals surface area contributed by atoms with Gasteiger partial charge in [0.05, 0.1) is 6.67 Å². The molecule has 122 valence electrons. The lowest BCUT2D eigenvalue weighted by molar-refractivity contribution is 0.145. The molecular weight excluding hydrogens is 304 g/mol. The second-order valence-electron chi connectivity index (χ2n) is 6.25. The topological polar surface area (TPSA) is 36.9 Å². The van der Waals surface area contributed by atoms with Crippen molar-refractivity contribution in [1.29, 1.82) is 0 Å². The van der Waals surface area contributed by atoms with Gasteiger partial charge in [0, 0.05) is 6.04 Å². The number of hydrogen-bond acceptors (Lipinski definition) is 3. The molecule has 0 radical (unpaired) electrons. The summed E-state index contributed by atoms with van der Waals surface area (Å²) in [5, 5.41) is 3.29. The average Bonchev–Trinajstić information content (AvgIpc) is 2.94. The van der Waals surface area contributed by atoms with Crippen molar-refractivity contribution in [3.05, 3.63) is 46.5 Å². The van der Waals surface area contributed by atoms with Crippen LogP contribution in [0.25, 0.3) is 12.2 Å². The van der Waals surface area contributed by atoms with Crippen molar-refractivity contribution in [1.82, 2.24) is 19.7 Å². The highest BCUT2D eigenvalue weighted by Gasteiger charge is 2.18. The van der Waals surface area contributed by atoms with E-state index >= 15 is 0 Å². The van der Waals surface area contributed by atoms with Crippen molar-refractivity contribution in [2.75, 3.05) is 7.05 Å². The summed E-state index contributed by atoms with van der Waals surface area (Å²) in [4.78, 5) is 6.82. The Morgan fingerprint density at radius 3 is 2.70 bits per heavy atom. The number of rotatable bonds is 5. The van der Waals surface area contributed by atoms with Crippen LogP contribution in [-0.4, -0.2) is 32.8 Å². The van der Waals surface area contributed by atoms with Gasteiger partial charge >= 0.3 is 0 Å². The van der Waals surface area contributed by atoms with Crippen LogP contribution >= 0.6 is 12.2 Å². The number of aromatic amines is 1. The van der Waals surface area contributed by atoms with Crippen molar-refractivity contribution in [3.8, 4) is 0 Å². The Hall–Kier alpha value is -1.72. The van der Waals surface area contributed by atoms with E-state index in [-0.39, 0.29) is 0 Å². The van der Waals surface area contributed by atoms with Gasteiger partial charge in [-0.3, -0.25) is 10.00 Å². The number of nitrogens with one attached hydrogen (secondary N) is 1. The van der Waals surface area contributed by atoms with Gasteiger partial charge in [0.25, 0.3) is 0 Å². The highest BCUT2D eigenvalue weighted by atomic mass is 32.1. The third kappa shape index (κ3) is 4.39. The first kappa shape index (κ1) is 16.1. The van der Waals surface area contributed by atoms with E-state index in [1.54, 1.807) is 0 Å². The minimum atomic E-state index is 0.611. The summed E-state index contributed by atoms with van der Waals surface area (Å²) in [6, 6.07) is 10.9. The molecule has 4 nitrogen and oxygen atoms in total. The van der Waals surface area contributed by atoms with Crippen molar-refractivity contribution in [2.45, 2.75) is 44.8 Å². The summed E-state index contributed by atoms with van der Waals surface area (Å²) in [6.07, 6.45) is 10.7. The highest BCUT2D eigenvalue weighted by Crippen LogP contribution is 2.21. The Kier molecular flexibility index (Phi) is 5.41. The third-order valence-electron chi connectivity index (χ3n) is 4.49. The first-order valence-electron chi connectivity index (χ1n) is 8.32. The maximum atomic E-state index is 5.38. The molecule has 1 aromatic heterocycles. The van der Waals surface area contributed by atoms with Gasteiger partial charge < -0.3 is 0 Å². The molecule has 3 rings (SSSR count). The summed E-state index contributed by atoms with van der Waals surface area (Å²) in [7, 11) is 2.18. The number of benzene rings is 1. The zero-order chi connectivity index (χ0) is 16.1. The number of nitrogens with zero attached hydrogens (tertiary/aromatic N) is 3. The SMILES string of the molecule is CN(Cn1[nH]c(/C=C/c2ccccc2)nc1=S)C1CCCCC1. The van der Waals surface area contributed by atoms with Gasteiger partial charge in [-0.15, -0.1) is 0 Å². The summed E-state index contributed by atoms with van der Waals surface area (Å²) in [6.45, 7) is 0.773. The quantitative estimate of drug-likeness (QED) is 0.830. The van der Waals surface area contributed by atoms with E-state index in [9.17, 15) is 0 Å². The summed E-state index contributed by atoms with van der Waals surface area (Å²) < 4.78 is 2.56. The lowest BCUT2D eigenvalue weighted by Crippen LogP contribution is -2.35. The first-order chi connectivity index (χ1) is 11.2. The lowest BCUT2D eigenvalue weighted by atomic mass is 9.95. The number of H-pyrrole nitrogens is 1. The van der Waals surface area contributed by atoms with Crippen LogP contribution in [0, 0.1) is 4.77 Å². The fraction of sp³-hybridized carbons (Fsp3) is 0.444. The van der Waals surface area contributed by atoms with Crippen molar-refractivity contribution >= 4 is 24.4 Å². The standard InChI is InChI=1S/C18H24N4S/c1-21(16-10-6-3-7-11-16)14-22-18(23)19-17(20-22)13-12-15-8-4-2-5-9-15/h2,4-5,8-9,12-13,16H,3,6-7,10-11,14H2,1H3,(H,19,20,23)/b13-12+. The largest absolute Gasteiger partial charge is 0.284 e. The highest BCUT2D eigenvalue weighted by molar-refractivity contribution is 7.71. The van der Waals surface area contributed by atoms with Gasteiger partial charge in [-0.2, -0.15) is 4.98 Å². The Bertz CT molecular complexity index is 695. The molecule has 5 heteroatoms. The summed E-state index contributed by atoms with van der Waals surface area (Å²) in [5.41, 5.74) is 1.15. The minimum absolute atomic E-state index is 0.611. The molecule has 1 aromatic carbocycles. The molecule has 1 saturated carbocycles. The van der Waals surface area contributed by atoms with Crippen molar-refractivity contribution in [2.24, 2.45) is 0 Å². The van der Waals surface area contributed by atoms with Crippen LogP contribution in [0.15, 0.2) is 30.3 Å². The van der Waals surface area contributed by atoms with Gasteiger partial charge in [-0.05, 0) is 43.7 Å². The van der Waals surface area contributed by atoms with E-state index in [4.69, 9.17) is 12.2 Å². The van der Waals surface area contributed by atoms with Crippen LogP contribution in [-0.2, 0) is 6.67 Å². The van der Waals surface area contributed by atoms with Gasteiger partial charge in [0.15, 0.2) is 0 Å². The first-order valence-corrected chi connectivity index (χ1v) is 8.73. The molecule has 0 unspecified atom stereocenters. The van der Waals surface area contributed by atoms with E-state index < -0.39 is 0 Å². The second kappa shape index (κ2) is 7.70. The summed E-state index contributed by atoms with van der Waals surface area (Å²) in [5.74, 6) is 0.802. The smallest absolute Gasteiger partial charge is 0.217 e. The Balaban J connectivity index is 1.66. The molecule has 0 saturated heterocycles.